The topological polar surface area (TPSA) is 32.3 Å². The molecule has 0 saturated carbocycles. The van der Waals surface area contributed by atoms with E-state index in [2.05, 4.69) is 17.1 Å². The van der Waals surface area contributed by atoms with E-state index in [0.717, 1.165) is 29.4 Å². The lowest BCUT2D eigenvalue weighted by atomic mass is 10.0. The third kappa shape index (κ3) is 4.05. The molecule has 2 heterocycles. The van der Waals surface area contributed by atoms with E-state index in [1.807, 2.05) is 19.9 Å². The summed E-state index contributed by atoms with van der Waals surface area (Å²) in [5.74, 6) is 0.873. The molecular weight excluding hydrogens is 256 g/mol. The van der Waals surface area contributed by atoms with Crippen molar-refractivity contribution in [3.8, 4) is 0 Å². The Balaban J connectivity index is 1.76. The van der Waals surface area contributed by atoms with Crippen LogP contribution in [0.25, 0.3) is 0 Å². The minimum atomic E-state index is 0.0758. The Morgan fingerprint density at radius 3 is 2.95 bits per heavy atom. The summed E-state index contributed by atoms with van der Waals surface area (Å²) in [7, 11) is 0. The van der Waals surface area contributed by atoms with Crippen molar-refractivity contribution in [3.63, 3.8) is 0 Å². The molecule has 1 aromatic rings. The fraction of sp³-hybridized carbons (Fsp3) is 0.667. The molecule has 4 heteroatoms. The molecule has 0 bridgehead atoms. The van der Waals surface area contributed by atoms with Crippen LogP contribution in [0.3, 0.4) is 0 Å². The number of piperidine rings is 1. The van der Waals surface area contributed by atoms with Crippen LogP contribution in [-0.2, 0) is 0 Å². The van der Waals surface area contributed by atoms with E-state index in [0.29, 0.717) is 0 Å². The molecule has 0 aliphatic carbocycles. The second-order valence-corrected chi connectivity index (χ2v) is 7.09. The highest BCUT2D eigenvalue weighted by atomic mass is 32.1. The standard InChI is InChI=1S/C15H24N2OS/c1-11-5-4-7-17(10-11)8-6-16-15(18)14-9-12(2)19-13(14)3/h9,11H,4-8,10H2,1-3H3,(H,16,18)/t11-/m1/s1. The molecule has 0 radical (unpaired) electrons. The van der Waals surface area contributed by atoms with Crippen molar-refractivity contribution in [2.75, 3.05) is 26.2 Å². The molecule has 1 N–H and O–H groups in total. The van der Waals surface area contributed by atoms with Gasteiger partial charge in [-0.2, -0.15) is 0 Å². The van der Waals surface area contributed by atoms with Gasteiger partial charge in [0.15, 0.2) is 0 Å². The molecule has 3 nitrogen and oxygen atoms in total. The summed E-state index contributed by atoms with van der Waals surface area (Å²) in [6.45, 7) is 10.4. The lowest BCUT2D eigenvalue weighted by Gasteiger charge is -2.30. The fourth-order valence-electron chi connectivity index (χ4n) is 2.77. The van der Waals surface area contributed by atoms with Gasteiger partial charge in [-0.25, -0.2) is 0 Å². The van der Waals surface area contributed by atoms with Crippen LogP contribution in [0.5, 0.6) is 0 Å². The maximum Gasteiger partial charge on any atom is 0.252 e. The molecule has 1 amide bonds. The van der Waals surface area contributed by atoms with Gasteiger partial charge in [0.05, 0.1) is 5.56 Å². The Morgan fingerprint density at radius 2 is 2.32 bits per heavy atom. The minimum Gasteiger partial charge on any atom is -0.351 e. The molecule has 1 saturated heterocycles. The summed E-state index contributed by atoms with van der Waals surface area (Å²) in [5, 5.41) is 3.04. The van der Waals surface area contributed by atoms with Crippen LogP contribution >= 0.6 is 11.3 Å². The quantitative estimate of drug-likeness (QED) is 0.920. The van der Waals surface area contributed by atoms with Gasteiger partial charge >= 0.3 is 0 Å². The van der Waals surface area contributed by atoms with Gasteiger partial charge in [0.2, 0.25) is 0 Å². The highest BCUT2D eigenvalue weighted by Gasteiger charge is 2.16. The molecule has 1 atom stereocenters. The second kappa shape index (κ2) is 6.53. The van der Waals surface area contributed by atoms with Crippen LogP contribution in [0, 0.1) is 19.8 Å². The Labute approximate surface area is 120 Å². The molecule has 1 aliphatic rings. The Morgan fingerprint density at radius 1 is 1.53 bits per heavy atom. The first kappa shape index (κ1) is 14.5. The van der Waals surface area contributed by atoms with Crippen molar-refractivity contribution in [2.45, 2.75) is 33.6 Å². The summed E-state index contributed by atoms with van der Waals surface area (Å²) in [6, 6.07) is 1.98. The summed E-state index contributed by atoms with van der Waals surface area (Å²) in [6.07, 6.45) is 2.63. The van der Waals surface area contributed by atoms with Crippen LogP contribution in [0.2, 0.25) is 0 Å². The SMILES string of the molecule is Cc1cc(C(=O)NCCN2CCC[C@@H](C)C2)c(C)s1. The highest BCUT2D eigenvalue weighted by Crippen LogP contribution is 2.20. The van der Waals surface area contributed by atoms with E-state index in [9.17, 15) is 4.79 Å². The Bertz CT molecular complexity index is 441. The second-order valence-electron chi connectivity index (χ2n) is 5.63. The van der Waals surface area contributed by atoms with E-state index in [4.69, 9.17) is 0 Å². The average Bonchev–Trinajstić information content (AvgIpc) is 2.68. The summed E-state index contributed by atoms with van der Waals surface area (Å²) in [4.78, 5) is 16.8. The molecule has 1 fully saturated rings. The summed E-state index contributed by atoms with van der Waals surface area (Å²) < 4.78 is 0. The van der Waals surface area contributed by atoms with Gasteiger partial charge in [-0.3, -0.25) is 4.79 Å². The maximum absolute atomic E-state index is 12.1. The van der Waals surface area contributed by atoms with Crippen LogP contribution < -0.4 is 5.32 Å². The fourth-order valence-corrected chi connectivity index (χ4v) is 3.69. The third-order valence-corrected chi connectivity index (χ3v) is 4.71. The smallest absolute Gasteiger partial charge is 0.252 e. The molecule has 1 aliphatic heterocycles. The van der Waals surface area contributed by atoms with Crippen molar-refractivity contribution < 1.29 is 4.79 Å². The first-order valence-electron chi connectivity index (χ1n) is 7.14. The zero-order valence-electron chi connectivity index (χ0n) is 12.2. The predicted molar refractivity (Wildman–Crippen MR) is 81.0 cm³/mol. The predicted octanol–water partition coefficient (Wildman–Crippen LogP) is 2.83. The summed E-state index contributed by atoms with van der Waals surface area (Å²) in [5.41, 5.74) is 0.842. The Hall–Kier alpha value is -0.870. The maximum atomic E-state index is 12.1. The van der Waals surface area contributed by atoms with Crippen molar-refractivity contribution in [3.05, 3.63) is 21.4 Å². The summed E-state index contributed by atoms with van der Waals surface area (Å²) >= 11 is 1.69. The number of rotatable bonds is 4. The molecule has 19 heavy (non-hydrogen) atoms. The van der Waals surface area contributed by atoms with Gasteiger partial charge in [-0.1, -0.05) is 6.92 Å². The normalized spacial score (nSPS) is 20.5. The molecular formula is C15H24N2OS. The zero-order chi connectivity index (χ0) is 13.8. The van der Waals surface area contributed by atoms with Crippen LogP contribution in [0.15, 0.2) is 6.07 Å². The molecule has 0 unspecified atom stereocenters. The number of thiophene rings is 1. The number of hydrogen-bond acceptors (Lipinski definition) is 3. The minimum absolute atomic E-state index is 0.0758. The molecule has 106 valence electrons. The number of hydrogen-bond donors (Lipinski definition) is 1. The lowest BCUT2D eigenvalue weighted by molar-refractivity contribution is 0.0943. The first-order valence-corrected chi connectivity index (χ1v) is 7.95. The lowest BCUT2D eigenvalue weighted by Crippen LogP contribution is -2.40. The molecule has 0 aromatic carbocycles. The van der Waals surface area contributed by atoms with Crippen molar-refractivity contribution >= 4 is 17.2 Å². The monoisotopic (exact) mass is 280 g/mol. The van der Waals surface area contributed by atoms with Gasteiger partial charge in [0.1, 0.15) is 0 Å². The molecule has 2 rings (SSSR count). The van der Waals surface area contributed by atoms with Gasteiger partial charge < -0.3 is 10.2 Å². The van der Waals surface area contributed by atoms with Crippen LogP contribution in [0.4, 0.5) is 0 Å². The van der Waals surface area contributed by atoms with E-state index < -0.39 is 0 Å². The van der Waals surface area contributed by atoms with Crippen LogP contribution in [0.1, 0.15) is 39.9 Å². The average molecular weight is 280 g/mol. The number of carbonyl (C=O) groups excluding carboxylic acids is 1. The first-order chi connectivity index (χ1) is 9.06. The van der Waals surface area contributed by atoms with Gasteiger partial charge in [0, 0.05) is 29.4 Å². The van der Waals surface area contributed by atoms with E-state index in [1.165, 1.54) is 30.8 Å². The number of carbonyl (C=O) groups is 1. The number of likely N-dealkylation sites (tertiary alicyclic amines) is 1. The van der Waals surface area contributed by atoms with Crippen molar-refractivity contribution in [1.29, 1.82) is 0 Å². The van der Waals surface area contributed by atoms with E-state index in [1.54, 1.807) is 11.3 Å². The van der Waals surface area contributed by atoms with Gasteiger partial charge in [-0.05, 0) is 45.2 Å². The van der Waals surface area contributed by atoms with E-state index >= 15 is 0 Å². The Kier molecular flexibility index (Phi) is 4.99. The zero-order valence-corrected chi connectivity index (χ0v) is 13.0. The van der Waals surface area contributed by atoms with Gasteiger partial charge in [0.25, 0.3) is 5.91 Å². The third-order valence-electron chi connectivity index (χ3n) is 3.74. The number of aryl methyl sites for hydroxylation is 2. The molecule has 0 spiro atoms. The highest BCUT2D eigenvalue weighted by molar-refractivity contribution is 7.12. The van der Waals surface area contributed by atoms with E-state index in [-0.39, 0.29) is 5.91 Å². The van der Waals surface area contributed by atoms with Crippen molar-refractivity contribution in [2.24, 2.45) is 5.92 Å². The van der Waals surface area contributed by atoms with Crippen LogP contribution in [-0.4, -0.2) is 37.0 Å². The molecule has 1 aromatic heterocycles. The van der Waals surface area contributed by atoms with Crippen molar-refractivity contribution in [1.82, 2.24) is 10.2 Å². The number of nitrogens with one attached hydrogen (secondary N) is 1. The number of amides is 1. The number of nitrogens with zero attached hydrogens (tertiary/aromatic N) is 1. The van der Waals surface area contributed by atoms with Gasteiger partial charge in [-0.15, -0.1) is 11.3 Å². The largest absolute Gasteiger partial charge is 0.351 e.